The van der Waals surface area contributed by atoms with Crippen LogP contribution in [-0.4, -0.2) is 21.4 Å². The Balaban J connectivity index is 2.23. The highest BCUT2D eigenvalue weighted by atomic mass is 35.5. The van der Waals surface area contributed by atoms with Crippen LogP contribution in [0.25, 0.3) is 0 Å². The van der Waals surface area contributed by atoms with Crippen LogP contribution in [-0.2, 0) is 21.2 Å². The number of rotatable bonds is 5. The normalized spacial score (nSPS) is 11.3. The van der Waals surface area contributed by atoms with Gasteiger partial charge in [-0.2, -0.15) is 0 Å². The van der Waals surface area contributed by atoms with Crippen molar-refractivity contribution < 1.29 is 13.2 Å². The molecule has 0 fully saturated rings. The SMILES string of the molecule is CNS(=O)(=O)c1cc(NC(=O)Cc2c(Cl)cccc2Cl)ccc1C. The highest BCUT2D eigenvalue weighted by Crippen LogP contribution is 2.25. The zero-order chi connectivity index (χ0) is 17.9. The van der Waals surface area contributed by atoms with E-state index in [-0.39, 0.29) is 17.2 Å². The highest BCUT2D eigenvalue weighted by molar-refractivity contribution is 7.89. The van der Waals surface area contributed by atoms with Gasteiger partial charge in [0.2, 0.25) is 15.9 Å². The molecule has 128 valence electrons. The largest absolute Gasteiger partial charge is 0.326 e. The van der Waals surface area contributed by atoms with Gasteiger partial charge in [0.15, 0.2) is 0 Å². The number of nitrogens with one attached hydrogen (secondary N) is 2. The first kappa shape index (κ1) is 18.7. The first-order valence-corrected chi connectivity index (χ1v) is 9.25. The summed E-state index contributed by atoms with van der Waals surface area (Å²) in [7, 11) is -2.27. The third kappa shape index (κ3) is 4.27. The molecule has 0 radical (unpaired) electrons. The molecule has 2 rings (SSSR count). The van der Waals surface area contributed by atoms with E-state index in [9.17, 15) is 13.2 Å². The topological polar surface area (TPSA) is 75.3 Å². The van der Waals surface area contributed by atoms with Crippen molar-refractivity contribution in [2.75, 3.05) is 12.4 Å². The van der Waals surface area contributed by atoms with Gasteiger partial charge in [-0.05, 0) is 49.4 Å². The molecule has 0 aliphatic rings. The Bertz CT molecular complexity index is 863. The Kier molecular flexibility index (Phi) is 5.87. The van der Waals surface area contributed by atoms with Gasteiger partial charge in [-0.15, -0.1) is 0 Å². The fraction of sp³-hybridized carbons (Fsp3) is 0.188. The van der Waals surface area contributed by atoms with Gasteiger partial charge in [-0.25, -0.2) is 13.1 Å². The lowest BCUT2D eigenvalue weighted by Gasteiger charge is -2.11. The summed E-state index contributed by atoms with van der Waals surface area (Å²) in [5, 5.41) is 3.47. The second kappa shape index (κ2) is 7.53. The summed E-state index contributed by atoms with van der Waals surface area (Å²) in [5.41, 5.74) is 1.48. The molecule has 0 aliphatic heterocycles. The van der Waals surface area contributed by atoms with E-state index >= 15 is 0 Å². The molecule has 0 saturated heterocycles. The zero-order valence-electron chi connectivity index (χ0n) is 13.1. The molecule has 8 heteroatoms. The zero-order valence-corrected chi connectivity index (χ0v) is 15.4. The smallest absolute Gasteiger partial charge is 0.240 e. The van der Waals surface area contributed by atoms with E-state index in [1.165, 1.54) is 13.1 Å². The standard InChI is InChI=1S/C16H16Cl2N2O3S/c1-10-6-7-11(8-15(10)24(22,23)19-2)20-16(21)9-12-13(17)4-3-5-14(12)18/h3-8,19H,9H2,1-2H3,(H,20,21). The lowest BCUT2D eigenvalue weighted by molar-refractivity contribution is -0.115. The van der Waals surface area contributed by atoms with Gasteiger partial charge in [-0.3, -0.25) is 4.79 Å². The van der Waals surface area contributed by atoms with Crippen LogP contribution >= 0.6 is 23.2 Å². The minimum atomic E-state index is -3.60. The minimum absolute atomic E-state index is 0.0134. The molecule has 2 N–H and O–H groups in total. The number of benzene rings is 2. The Labute approximate surface area is 151 Å². The Morgan fingerprint density at radius 1 is 1.12 bits per heavy atom. The number of carbonyl (C=O) groups excluding carboxylic acids is 1. The number of hydrogen-bond acceptors (Lipinski definition) is 3. The van der Waals surface area contributed by atoms with Gasteiger partial charge in [0, 0.05) is 15.7 Å². The summed E-state index contributed by atoms with van der Waals surface area (Å²) in [4.78, 5) is 12.3. The van der Waals surface area contributed by atoms with Crippen molar-refractivity contribution in [3.63, 3.8) is 0 Å². The summed E-state index contributed by atoms with van der Waals surface area (Å²) in [6, 6.07) is 9.67. The second-order valence-electron chi connectivity index (χ2n) is 5.11. The van der Waals surface area contributed by atoms with Crippen molar-refractivity contribution in [1.29, 1.82) is 0 Å². The minimum Gasteiger partial charge on any atom is -0.326 e. The average Bonchev–Trinajstić information content (AvgIpc) is 2.53. The molecule has 5 nitrogen and oxygen atoms in total. The molecule has 2 aromatic rings. The van der Waals surface area contributed by atoms with Crippen LogP contribution in [0, 0.1) is 6.92 Å². The molecule has 0 atom stereocenters. The number of carbonyl (C=O) groups is 1. The van der Waals surface area contributed by atoms with Crippen molar-refractivity contribution in [3.8, 4) is 0 Å². The van der Waals surface area contributed by atoms with Crippen LogP contribution in [0.1, 0.15) is 11.1 Å². The fourth-order valence-corrected chi connectivity index (χ4v) is 3.67. The first-order chi connectivity index (χ1) is 11.2. The summed E-state index contributed by atoms with van der Waals surface area (Å²) < 4.78 is 26.2. The van der Waals surface area contributed by atoms with Crippen LogP contribution in [0.3, 0.4) is 0 Å². The lowest BCUT2D eigenvalue weighted by Crippen LogP contribution is -2.20. The number of sulfonamides is 1. The first-order valence-electron chi connectivity index (χ1n) is 7.01. The number of amides is 1. The third-order valence-corrected chi connectivity index (χ3v) is 5.69. The van der Waals surface area contributed by atoms with Gasteiger partial charge < -0.3 is 5.32 Å². The van der Waals surface area contributed by atoms with E-state index in [0.717, 1.165) is 0 Å². The van der Waals surface area contributed by atoms with Crippen molar-refractivity contribution in [2.45, 2.75) is 18.2 Å². The molecule has 0 aliphatic carbocycles. The quantitative estimate of drug-likeness (QED) is 0.826. The van der Waals surface area contributed by atoms with Crippen molar-refractivity contribution >= 4 is 44.8 Å². The van der Waals surface area contributed by atoms with Crippen LogP contribution < -0.4 is 10.0 Å². The van der Waals surface area contributed by atoms with E-state index in [1.54, 1.807) is 37.3 Å². The molecule has 0 bridgehead atoms. The number of anilines is 1. The van der Waals surface area contributed by atoms with E-state index < -0.39 is 10.0 Å². The van der Waals surface area contributed by atoms with Crippen LogP contribution in [0.5, 0.6) is 0 Å². The number of hydrogen-bond donors (Lipinski definition) is 2. The highest BCUT2D eigenvalue weighted by Gasteiger charge is 2.16. The lowest BCUT2D eigenvalue weighted by atomic mass is 10.1. The van der Waals surface area contributed by atoms with Crippen LogP contribution in [0.15, 0.2) is 41.3 Å². The summed E-state index contributed by atoms with van der Waals surface area (Å²) >= 11 is 12.1. The predicted octanol–water partition coefficient (Wildman–Crippen LogP) is 3.39. The Hall–Kier alpha value is -1.60. The van der Waals surface area contributed by atoms with E-state index in [2.05, 4.69) is 10.0 Å². The van der Waals surface area contributed by atoms with Crippen molar-refractivity contribution in [2.24, 2.45) is 0 Å². The molecule has 0 saturated carbocycles. The molecule has 0 aromatic heterocycles. The van der Waals surface area contributed by atoms with Crippen molar-refractivity contribution in [1.82, 2.24) is 4.72 Å². The van der Waals surface area contributed by atoms with Gasteiger partial charge in [0.1, 0.15) is 0 Å². The van der Waals surface area contributed by atoms with Crippen LogP contribution in [0.4, 0.5) is 5.69 Å². The molecular weight excluding hydrogens is 371 g/mol. The van der Waals surface area contributed by atoms with E-state index in [4.69, 9.17) is 23.2 Å². The summed E-state index contributed by atoms with van der Waals surface area (Å²) in [6.45, 7) is 1.68. The van der Waals surface area contributed by atoms with Gasteiger partial charge >= 0.3 is 0 Å². The monoisotopic (exact) mass is 386 g/mol. The second-order valence-corrected chi connectivity index (χ2v) is 7.78. The molecule has 24 heavy (non-hydrogen) atoms. The Morgan fingerprint density at radius 2 is 1.75 bits per heavy atom. The Morgan fingerprint density at radius 3 is 2.33 bits per heavy atom. The maximum Gasteiger partial charge on any atom is 0.240 e. The molecule has 0 spiro atoms. The van der Waals surface area contributed by atoms with E-state index in [1.807, 2.05) is 0 Å². The fourth-order valence-electron chi connectivity index (χ4n) is 2.14. The van der Waals surface area contributed by atoms with E-state index in [0.29, 0.717) is 26.9 Å². The number of halogens is 2. The van der Waals surface area contributed by atoms with Crippen LogP contribution in [0.2, 0.25) is 10.0 Å². The maximum absolute atomic E-state index is 12.2. The predicted molar refractivity (Wildman–Crippen MR) is 96.2 cm³/mol. The third-order valence-electron chi connectivity index (χ3n) is 3.43. The molecular formula is C16H16Cl2N2O3S. The van der Waals surface area contributed by atoms with Gasteiger partial charge in [-0.1, -0.05) is 35.3 Å². The van der Waals surface area contributed by atoms with Gasteiger partial charge in [0.05, 0.1) is 11.3 Å². The molecule has 1 amide bonds. The maximum atomic E-state index is 12.2. The van der Waals surface area contributed by atoms with Crippen molar-refractivity contribution in [3.05, 3.63) is 57.6 Å². The molecule has 0 heterocycles. The summed E-state index contributed by atoms with van der Waals surface area (Å²) in [5.74, 6) is -0.346. The summed E-state index contributed by atoms with van der Waals surface area (Å²) in [6.07, 6.45) is -0.0134. The van der Waals surface area contributed by atoms with Gasteiger partial charge in [0.25, 0.3) is 0 Å². The molecule has 0 unspecified atom stereocenters. The average molecular weight is 387 g/mol. The molecule has 2 aromatic carbocycles. The number of aryl methyl sites for hydroxylation is 1.